The summed E-state index contributed by atoms with van der Waals surface area (Å²) in [5, 5.41) is 5.41. The number of para-hydroxylation sites is 1. The molecule has 7 nitrogen and oxygen atoms in total. The monoisotopic (exact) mass is 421 g/mol. The van der Waals surface area contributed by atoms with Gasteiger partial charge in [-0.1, -0.05) is 18.2 Å². The van der Waals surface area contributed by atoms with E-state index in [4.69, 9.17) is 14.2 Å². The molecule has 0 aliphatic carbocycles. The topological polar surface area (TPSA) is 65.8 Å². The number of methoxy groups -OCH3 is 2. The van der Waals surface area contributed by atoms with Crippen LogP contribution < -0.4 is 9.47 Å². The Hall–Kier alpha value is -3.06. The number of benzene rings is 2. The van der Waals surface area contributed by atoms with Crippen LogP contribution in [0, 0.1) is 0 Å². The van der Waals surface area contributed by atoms with Crippen LogP contribution >= 0.6 is 0 Å². The van der Waals surface area contributed by atoms with Gasteiger partial charge in [0.05, 0.1) is 31.9 Å². The van der Waals surface area contributed by atoms with E-state index in [9.17, 15) is 4.79 Å². The number of hydrogen-bond donors (Lipinski definition) is 0. The van der Waals surface area contributed by atoms with Gasteiger partial charge in [0.1, 0.15) is 0 Å². The summed E-state index contributed by atoms with van der Waals surface area (Å²) in [5.41, 5.74) is 3.48. The van der Waals surface area contributed by atoms with Crippen LogP contribution in [0.4, 0.5) is 0 Å². The number of nitrogens with zero attached hydrogens (tertiary/aromatic N) is 3. The first-order valence-corrected chi connectivity index (χ1v) is 10.7. The number of ether oxygens (including phenoxy) is 3. The summed E-state index contributed by atoms with van der Waals surface area (Å²) in [6.07, 6.45) is 2.33. The first-order chi connectivity index (χ1) is 15.1. The molecule has 0 atom stereocenters. The van der Waals surface area contributed by atoms with Crippen LogP contribution in [-0.2, 0) is 23.8 Å². The molecule has 162 valence electrons. The second-order valence-electron chi connectivity index (χ2n) is 8.24. The van der Waals surface area contributed by atoms with E-state index >= 15 is 0 Å². The van der Waals surface area contributed by atoms with E-state index in [-0.39, 0.29) is 5.91 Å². The Bertz CT molecular complexity index is 1150. The molecule has 5 rings (SSSR count). The molecule has 1 saturated heterocycles. The highest BCUT2D eigenvalue weighted by Crippen LogP contribution is 2.45. The summed E-state index contributed by atoms with van der Waals surface area (Å²) >= 11 is 0. The average molecular weight is 421 g/mol. The molecule has 1 fully saturated rings. The second kappa shape index (κ2) is 7.57. The van der Waals surface area contributed by atoms with Gasteiger partial charge in [0.15, 0.2) is 17.2 Å². The molecule has 0 radical (unpaired) electrons. The third-order valence-electron chi connectivity index (χ3n) is 6.67. The summed E-state index contributed by atoms with van der Waals surface area (Å²) in [4.78, 5) is 15.2. The predicted octanol–water partition coefficient (Wildman–Crippen LogP) is 3.29. The first kappa shape index (κ1) is 19.9. The lowest BCUT2D eigenvalue weighted by Gasteiger charge is -2.45. The van der Waals surface area contributed by atoms with Crippen LogP contribution in [0.3, 0.4) is 0 Å². The maximum Gasteiger partial charge on any atom is 0.275 e. The summed E-state index contributed by atoms with van der Waals surface area (Å²) in [7, 11) is 5.18. The number of carbonyl (C=O) groups excluding carboxylic acids is 1. The molecule has 0 bridgehead atoms. The number of aromatic nitrogens is 2. The summed E-state index contributed by atoms with van der Waals surface area (Å²) in [5.74, 6) is 1.44. The van der Waals surface area contributed by atoms with Crippen molar-refractivity contribution in [3.8, 4) is 11.5 Å². The van der Waals surface area contributed by atoms with Crippen molar-refractivity contribution >= 4 is 16.8 Å². The molecule has 31 heavy (non-hydrogen) atoms. The van der Waals surface area contributed by atoms with Crippen molar-refractivity contribution in [1.29, 1.82) is 0 Å². The highest BCUT2D eigenvalue weighted by molar-refractivity contribution is 6.04. The number of carbonyl (C=O) groups is 1. The smallest absolute Gasteiger partial charge is 0.275 e. The maximum absolute atomic E-state index is 13.3. The van der Waals surface area contributed by atoms with Crippen LogP contribution in [0.1, 0.15) is 34.5 Å². The van der Waals surface area contributed by atoms with Crippen molar-refractivity contribution in [2.24, 2.45) is 7.05 Å². The third-order valence-corrected chi connectivity index (χ3v) is 6.67. The van der Waals surface area contributed by atoms with Gasteiger partial charge in [-0.2, -0.15) is 5.10 Å². The quantitative estimate of drug-likeness (QED) is 0.649. The summed E-state index contributed by atoms with van der Waals surface area (Å²) in [6, 6.07) is 12.0. The molecule has 2 aliphatic rings. The average Bonchev–Trinajstić information content (AvgIpc) is 3.15. The molecule has 1 aromatic heterocycles. The predicted molar refractivity (Wildman–Crippen MR) is 117 cm³/mol. The van der Waals surface area contributed by atoms with Gasteiger partial charge >= 0.3 is 0 Å². The molecular weight excluding hydrogens is 394 g/mol. The van der Waals surface area contributed by atoms with Crippen LogP contribution in [0.2, 0.25) is 0 Å². The third kappa shape index (κ3) is 3.15. The van der Waals surface area contributed by atoms with E-state index in [0.717, 1.165) is 41.5 Å². The highest BCUT2D eigenvalue weighted by Gasteiger charge is 2.43. The number of aryl methyl sites for hydroxylation is 1. The molecule has 3 aromatic rings. The Labute approximate surface area is 181 Å². The Balaban J connectivity index is 1.41. The van der Waals surface area contributed by atoms with E-state index in [1.807, 2.05) is 36.2 Å². The van der Waals surface area contributed by atoms with Gasteiger partial charge in [-0.3, -0.25) is 9.48 Å². The lowest BCUT2D eigenvalue weighted by Crippen LogP contribution is -2.48. The minimum atomic E-state index is -0.393. The zero-order valence-electron chi connectivity index (χ0n) is 18.2. The lowest BCUT2D eigenvalue weighted by molar-refractivity contribution is -0.0936. The molecule has 0 unspecified atom stereocenters. The Kier molecular flexibility index (Phi) is 4.85. The largest absolute Gasteiger partial charge is 0.493 e. The lowest BCUT2D eigenvalue weighted by atomic mass is 9.79. The Morgan fingerprint density at radius 2 is 1.81 bits per heavy atom. The Morgan fingerprint density at radius 3 is 2.55 bits per heavy atom. The summed E-state index contributed by atoms with van der Waals surface area (Å²) < 4.78 is 19.2. The minimum absolute atomic E-state index is 0.0185. The van der Waals surface area contributed by atoms with E-state index in [2.05, 4.69) is 17.2 Å². The van der Waals surface area contributed by atoms with E-state index in [1.165, 1.54) is 5.56 Å². The molecule has 7 heteroatoms. The van der Waals surface area contributed by atoms with Crippen LogP contribution in [0.25, 0.3) is 10.9 Å². The molecule has 1 amide bonds. The van der Waals surface area contributed by atoms with Crippen molar-refractivity contribution < 1.29 is 19.0 Å². The normalized spacial score (nSPS) is 17.6. The minimum Gasteiger partial charge on any atom is -0.493 e. The number of piperidine rings is 1. The Morgan fingerprint density at radius 1 is 1.10 bits per heavy atom. The van der Waals surface area contributed by atoms with E-state index < -0.39 is 5.60 Å². The van der Waals surface area contributed by atoms with Gasteiger partial charge in [0.2, 0.25) is 0 Å². The van der Waals surface area contributed by atoms with Gasteiger partial charge in [0.25, 0.3) is 5.91 Å². The fourth-order valence-corrected chi connectivity index (χ4v) is 4.99. The standard InChI is InChI=1S/C24H27N3O4/c1-26-19-7-5-4-6-17(19)22(25-26)23(28)27-11-9-24(10-12-27)18-15-21(30-3)20(29-2)14-16(18)8-13-31-24/h4-7,14-15H,8-13H2,1-3H3. The first-order valence-electron chi connectivity index (χ1n) is 10.7. The fourth-order valence-electron chi connectivity index (χ4n) is 4.99. The number of likely N-dealkylation sites (tertiary alicyclic amines) is 1. The van der Waals surface area contributed by atoms with Crippen molar-refractivity contribution in [2.45, 2.75) is 24.9 Å². The molecular formula is C24H27N3O4. The zero-order valence-corrected chi connectivity index (χ0v) is 18.2. The molecule has 2 aliphatic heterocycles. The molecule has 0 saturated carbocycles. The van der Waals surface area contributed by atoms with Crippen molar-refractivity contribution in [3.63, 3.8) is 0 Å². The van der Waals surface area contributed by atoms with E-state index in [0.29, 0.717) is 31.1 Å². The second-order valence-corrected chi connectivity index (χ2v) is 8.24. The number of fused-ring (bicyclic) bond motifs is 3. The van der Waals surface area contributed by atoms with Gasteiger partial charge in [-0.15, -0.1) is 0 Å². The van der Waals surface area contributed by atoms with Crippen LogP contribution in [0.15, 0.2) is 36.4 Å². The fraction of sp³-hybridized carbons (Fsp3) is 0.417. The van der Waals surface area contributed by atoms with Gasteiger partial charge in [-0.25, -0.2) is 0 Å². The van der Waals surface area contributed by atoms with E-state index in [1.54, 1.807) is 18.9 Å². The zero-order chi connectivity index (χ0) is 21.6. The van der Waals surface area contributed by atoms with Gasteiger partial charge in [-0.05, 0) is 48.6 Å². The van der Waals surface area contributed by atoms with Crippen molar-refractivity contribution in [2.75, 3.05) is 33.9 Å². The van der Waals surface area contributed by atoms with Crippen molar-refractivity contribution in [1.82, 2.24) is 14.7 Å². The highest BCUT2D eigenvalue weighted by atomic mass is 16.5. The number of amides is 1. The summed E-state index contributed by atoms with van der Waals surface area (Å²) in [6.45, 7) is 1.91. The molecule has 3 heterocycles. The van der Waals surface area contributed by atoms with Crippen molar-refractivity contribution in [3.05, 3.63) is 53.2 Å². The SMILES string of the molecule is COc1cc2c(cc1OC)C1(CCN(C(=O)c3nn(C)c4ccccc34)CC1)OCC2. The van der Waals surface area contributed by atoms with Gasteiger partial charge < -0.3 is 19.1 Å². The maximum atomic E-state index is 13.3. The number of rotatable bonds is 3. The van der Waals surface area contributed by atoms with Crippen LogP contribution in [0.5, 0.6) is 11.5 Å². The van der Waals surface area contributed by atoms with Gasteiger partial charge in [0, 0.05) is 25.5 Å². The molecule has 1 spiro atoms. The number of hydrogen-bond acceptors (Lipinski definition) is 5. The van der Waals surface area contributed by atoms with Crippen LogP contribution in [-0.4, -0.2) is 54.5 Å². The molecule has 0 N–H and O–H groups in total. The molecule has 2 aromatic carbocycles.